The van der Waals surface area contributed by atoms with Crippen molar-refractivity contribution in [3.8, 4) is 0 Å². The molecule has 0 amide bonds. The van der Waals surface area contributed by atoms with E-state index in [4.69, 9.17) is 8.83 Å². The molecule has 12 rings (SSSR count). The van der Waals surface area contributed by atoms with Crippen molar-refractivity contribution in [2.45, 2.75) is 20.3 Å². The summed E-state index contributed by atoms with van der Waals surface area (Å²) in [4.78, 5) is 4.83. The molecule has 4 nitrogen and oxygen atoms in total. The molecule has 0 bridgehead atoms. The van der Waals surface area contributed by atoms with E-state index in [1.54, 1.807) is 0 Å². The average Bonchev–Trinajstić information content (AvgIpc) is 3.84. The van der Waals surface area contributed by atoms with Crippen LogP contribution in [0.5, 0.6) is 0 Å². The SMILES string of the molecule is Cc1ccc2oc3ccc(N(c4ccccc4)c4cc5c6ccccc6c(N(c6ccccc6)c6ccc7oc8c(c7c6)CC(C)C=C8)cc5c5ccccc45)cc3c2c1. The Morgan fingerprint density at radius 2 is 0.900 bits per heavy atom. The van der Waals surface area contributed by atoms with Crippen LogP contribution >= 0.6 is 0 Å². The first-order valence-corrected chi connectivity index (χ1v) is 20.8. The predicted octanol–water partition coefficient (Wildman–Crippen LogP) is 16.2. The average molecular weight is 773 g/mol. The Labute approximate surface area is 347 Å². The van der Waals surface area contributed by atoms with Gasteiger partial charge in [0.05, 0.1) is 11.4 Å². The zero-order valence-electron chi connectivity index (χ0n) is 33.4. The summed E-state index contributed by atoms with van der Waals surface area (Å²) < 4.78 is 12.7. The summed E-state index contributed by atoms with van der Waals surface area (Å²) in [5.41, 5.74) is 11.8. The van der Waals surface area contributed by atoms with Gasteiger partial charge in [-0.2, -0.15) is 0 Å². The highest BCUT2D eigenvalue weighted by molar-refractivity contribution is 6.25. The highest BCUT2D eigenvalue weighted by Crippen LogP contribution is 2.49. The molecule has 60 heavy (non-hydrogen) atoms. The first-order valence-electron chi connectivity index (χ1n) is 20.8. The number of benzene rings is 9. The number of fused-ring (bicyclic) bond motifs is 11. The van der Waals surface area contributed by atoms with Crippen molar-refractivity contribution in [1.29, 1.82) is 0 Å². The molecule has 0 fully saturated rings. The van der Waals surface area contributed by atoms with E-state index >= 15 is 0 Å². The molecule has 4 heteroatoms. The van der Waals surface area contributed by atoms with Crippen LogP contribution in [-0.4, -0.2) is 0 Å². The summed E-state index contributed by atoms with van der Waals surface area (Å²) in [5, 5.41) is 10.5. The topological polar surface area (TPSA) is 32.8 Å². The maximum Gasteiger partial charge on any atom is 0.135 e. The summed E-state index contributed by atoms with van der Waals surface area (Å²) in [6, 6.07) is 63.7. The molecule has 0 saturated heterocycles. The number of furan rings is 2. The minimum atomic E-state index is 0.463. The molecule has 1 unspecified atom stereocenters. The third-order valence-electron chi connectivity index (χ3n) is 12.4. The minimum Gasteiger partial charge on any atom is -0.456 e. The third-order valence-corrected chi connectivity index (χ3v) is 12.4. The van der Waals surface area contributed by atoms with Crippen LogP contribution in [-0.2, 0) is 6.42 Å². The van der Waals surface area contributed by atoms with Crippen molar-refractivity contribution in [3.05, 3.63) is 199 Å². The van der Waals surface area contributed by atoms with E-state index in [2.05, 4.69) is 212 Å². The van der Waals surface area contributed by atoms with Crippen molar-refractivity contribution < 1.29 is 8.83 Å². The fourth-order valence-electron chi connectivity index (χ4n) is 9.59. The molecular formula is C56H40N2O2. The Morgan fingerprint density at radius 3 is 1.48 bits per heavy atom. The number of aryl methyl sites for hydroxylation is 1. The van der Waals surface area contributed by atoms with Crippen LogP contribution < -0.4 is 9.80 Å². The largest absolute Gasteiger partial charge is 0.456 e. The lowest BCUT2D eigenvalue weighted by Gasteiger charge is -2.30. The van der Waals surface area contributed by atoms with Gasteiger partial charge in [0.25, 0.3) is 0 Å². The summed E-state index contributed by atoms with van der Waals surface area (Å²) in [7, 11) is 0. The van der Waals surface area contributed by atoms with Crippen LogP contribution in [0.1, 0.15) is 23.8 Å². The number of hydrogen-bond donors (Lipinski definition) is 0. The Bertz CT molecular complexity index is 3500. The summed E-state index contributed by atoms with van der Waals surface area (Å²) in [6.45, 7) is 4.41. The summed E-state index contributed by atoms with van der Waals surface area (Å²) in [5.74, 6) is 1.44. The van der Waals surface area contributed by atoms with E-state index in [0.717, 1.165) is 73.8 Å². The molecule has 0 aliphatic heterocycles. The Kier molecular flexibility index (Phi) is 7.76. The maximum atomic E-state index is 6.38. The van der Waals surface area contributed by atoms with Crippen LogP contribution in [0.3, 0.4) is 0 Å². The second-order valence-corrected chi connectivity index (χ2v) is 16.3. The van der Waals surface area contributed by atoms with Crippen molar-refractivity contribution in [1.82, 2.24) is 0 Å². The van der Waals surface area contributed by atoms with Gasteiger partial charge in [-0.1, -0.05) is 110 Å². The summed E-state index contributed by atoms with van der Waals surface area (Å²) >= 11 is 0. The van der Waals surface area contributed by atoms with Crippen LogP contribution in [0.25, 0.3) is 71.3 Å². The quantitative estimate of drug-likeness (QED) is 0.158. The number of anilines is 6. The second kappa shape index (κ2) is 13.5. The fraction of sp³-hybridized carbons (Fsp3) is 0.0714. The first-order chi connectivity index (χ1) is 29.6. The molecule has 0 radical (unpaired) electrons. The molecule has 0 N–H and O–H groups in total. The Hall–Kier alpha value is -7.56. The van der Waals surface area contributed by atoms with Crippen LogP contribution in [0.4, 0.5) is 34.1 Å². The Morgan fingerprint density at radius 1 is 0.417 bits per heavy atom. The zero-order valence-corrected chi connectivity index (χ0v) is 33.4. The standard InChI is InChI=1S/C56H40N2O2/c1-35-21-25-53-47(29-35)49-31-39(23-27-55(49)59-53)57(37-13-5-3-6-14-37)51-33-45-42-18-10-12-20-44(42)52(34-46(45)41-17-9-11-19-43(41)51)58(38-15-7-4-8-16-38)40-24-28-56-50(32-40)48-30-36(2)22-26-54(48)60-56/h3-29,31-34,36H,30H2,1-2H3. The van der Waals surface area contributed by atoms with Crippen molar-refractivity contribution in [2.75, 3.05) is 9.80 Å². The smallest absolute Gasteiger partial charge is 0.135 e. The molecule has 2 heterocycles. The fourth-order valence-corrected chi connectivity index (χ4v) is 9.59. The minimum absolute atomic E-state index is 0.463. The van der Waals surface area contributed by atoms with Gasteiger partial charge >= 0.3 is 0 Å². The molecule has 1 aliphatic rings. The molecule has 1 aliphatic carbocycles. The van der Waals surface area contributed by atoms with Gasteiger partial charge in [0.15, 0.2) is 0 Å². The van der Waals surface area contributed by atoms with Gasteiger partial charge < -0.3 is 18.6 Å². The molecule has 0 spiro atoms. The first kappa shape index (κ1) is 34.5. The molecule has 9 aromatic carbocycles. The Balaban J connectivity index is 1.12. The monoisotopic (exact) mass is 772 g/mol. The van der Waals surface area contributed by atoms with Gasteiger partial charge in [0, 0.05) is 55.2 Å². The van der Waals surface area contributed by atoms with Crippen molar-refractivity contribution >= 4 is 105 Å². The molecule has 11 aromatic rings. The van der Waals surface area contributed by atoms with Crippen molar-refractivity contribution in [3.63, 3.8) is 0 Å². The van der Waals surface area contributed by atoms with E-state index in [1.807, 2.05) is 0 Å². The maximum absolute atomic E-state index is 6.38. The molecule has 1 atom stereocenters. The van der Waals surface area contributed by atoms with Gasteiger partial charge in [0.2, 0.25) is 0 Å². The van der Waals surface area contributed by atoms with E-state index in [1.165, 1.54) is 48.8 Å². The van der Waals surface area contributed by atoms with E-state index in [9.17, 15) is 0 Å². The highest BCUT2D eigenvalue weighted by atomic mass is 16.3. The van der Waals surface area contributed by atoms with Gasteiger partial charge in [-0.25, -0.2) is 0 Å². The van der Waals surface area contributed by atoms with Crippen LogP contribution in [0.15, 0.2) is 191 Å². The summed E-state index contributed by atoms with van der Waals surface area (Å²) in [6.07, 6.45) is 5.36. The van der Waals surface area contributed by atoms with E-state index in [-0.39, 0.29) is 0 Å². The van der Waals surface area contributed by atoms with Crippen LogP contribution in [0.2, 0.25) is 0 Å². The molecular weight excluding hydrogens is 733 g/mol. The van der Waals surface area contributed by atoms with Gasteiger partial charge in [-0.3, -0.25) is 0 Å². The number of nitrogens with zero attached hydrogens (tertiary/aromatic N) is 2. The van der Waals surface area contributed by atoms with Gasteiger partial charge in [-0.05, 0) is 132 Å². The van der Waals surface area contributed by atoms with Crippen molar-refractivity contribution in [2.24, 2.45) is 5.92 Å². The molecule has 2 aromatic heterocycles. The van der Waals surface area contributed by atoms with E-state index < -0.39 is 0 Å². The lowest BCUT2D eigenvalue weighted by atomic mass is 9.92. The normalized spacial score (nSPS) is 13.9. The van der Waals surface area contributed by atoms with Gasteiger partial charge in [-0.15, -0.1) is 0 Å². The second-order valence-electron chi connectivity index (χ2n) is 16.3. The molecule has 286 valence electrons. The lowest BCUT2D eigenvalue weighted by Crippen LogP contribution is -2.12. The van der Waals surface area contributed by atoms with E-state index in [0.29, 0.717) is 5.92 Å². The highest BCUT2D eigenvalue weighted by Gasteiger charge is 2.24. The van der Waals surface area contributed by atoms with Crippen LogP contribution in [0, 0.1) is 12.8 Å². The lowest BCUT2D eigenvalue weighted by molar-refractivity contribution is 0.584. The number of hydrogen-bond acceptors (Lipinski definition) is 4. The zero-order chi connectivity index (χ0) is 39.9. The third kappa shape index (κ3) is 5.45. The van der Waals surface area contributed by atoms with Gasteiger partial charge in [0.1, 0.15) is 22.5 Å². The number of para-hydroxylation sites is 2. The predicted molar refractivity (Wildman–Crippen MR) is 252 cm³/mol. The number of rotatable bonds is 6. The number of allylic oxidation sites excluding steroid dienone is 1. The molecule has 0 saturated carbocycles.